The van der Waals surface area contributed by atoms with E-state index in [-0.39, 0.29) is 29.1 Å². The number of carboxylic acid groups (broad SMARTS) is 2. The molecule has 0 aromatic heterocycles. The van der Waals surface area contributed by atoms with Crippen LogP contribution in [0.2, 0.25) is 0 Å². The molecule has 1 aliphatic carbocycles. The quantitative estimate of drug-likeness (QED) is 0.271. The van der Waals surface area contributed by atoms with Gasteiger partial charge in [-0.05, 0) is 36.9 Å². The molecule has 144 valence electrons. The van der Waals surface area contributed by atoms with Gasteiger partial charge < -0.3 is 27.4 Å². The zero-order valence-corrected chi connectivity index (χ0v) is 15.9. The summed E-state index contributed by atoms with van der Waals surface area (Å²) in [6, 6.07) is -0.851. The normalized spacial score (nSPS) is 19.5. The van der Waals surface area contributed by atoms with Crippen LogP contribution in [0, 0.1) is 11.3 Å². The minimum absolute atomic E-state index is 0. The Kier molecular flexibility index (Phi) is 9.76. The van der Waals surface area contributed by atoms with Crippen LogP contribution >= 0.6 is 11.8 Å². The lowest BCUT2D eigenvalue weighted by Gasteiger charge is -2.08. The molecule has 1 rings (SSSR count). The molecule has 9 N–H and O–H groups in total. The molecular weight excluding hydrogens is 346 g/mol. The molecule has 1 amide bonds. The fourth-order valence-electron chi connectivity index (χ4n) is 2.20. The molecule has 25 heavy (non-hydrogen) atoms. The maximum absolute atomic E-state index is 12.0. The fraction of sp³-hybridized carbons (Fsp3) is 0.688. The number of nitrogens with two attached hydrogens (primary N) is 1. The Bertz CT molecular complexity index is 522. The molecule has 1 fully saturated rings. The van der Waals surface area contributed by atoms with Crippen molar-refractivity contribution in [1.82, 2.24) is 11.5 Å². The van der Waals surface area contributed by atoms with E-state index in [0.717, 1.165) is 25.0 Å². The van der Waals surface area contributed by atoms with Gasteiger partial charge in [-0.1, -0.05) is 19.9 Å². The van der Waals surface area contributed by atoms with Crippen molar-refractivity contribution in [1.29, 1.82) is 0 Å². The van der Waals surface area contributed by atoms with Crippen LogP contribution < -0.4 is 17.2 Å². The standard InChI is InChI=1S/C16H26N2O5S.H3N/c1-16(2)8-10(16)13(19)18-12(15(22)23)6-4-3-5-7-24-9-11(17)14(20)21;/h6,10-11H,3-5,7-9,17H2,1-2H3,(H,18,19)(H,20,21)(H,22,23);1H3/p+1/b12-6-;/t10-,11+;/m1./s1. The van der Waals surface area contributed by atoms with E-state index in [9.17, 15) is 14.4 Å². The molecule has 0 bridgehead atoms. The van der Waals surface area contributed by atoms with Crippen molar-refractivity contribution >= 4 is 29.6 Å². The van der Waals surface area contributed by atoms with Crippen molar-refractivity contribution in [2.24, 2.45) is 17.1 Å². The number of hydrogen-bond donors (Lipinski definition) is 5. The lowest BCUT2D eigenvalue weighted by Crippen LogP contribution is -2.32. The summed E-state index contributed by atoms with van der Waals surface area (Å²) in [4.78, 5) is 33.7. The van der Waals surface area contributed by atoms with Crippen molar-refractivity contribution in [2.45, 2.75) is 45.6 Å². The monoisotopic (exact) mass is 376 g/mol. The molecular formula is C16H30N3O5S+. The fourth-order valence-corrected chi connectivity index (χ4v) is 3.17. The first-order valence-corrected chi connectivity index (χ1v) is 9.11. The number of quaternary nitrogens is 1. The van der Waals surface area contributed by atoms with Crippen LogP contribution in [0.4, 0.5) is 0 Å². The molecule has 1 saturated carbocycles. The second-order valence-electron chi connectivity index (χ2n) is 6.67. The Hall–Kier alpha value is -1.58. The SMILES string of the molecule is CC1(C)C[C@@H]1C(=O)N/C(=C\CCCCSC[C@H](N)C(=O)O)C(=O)O.[NH4+]. The predicted molar refractivity (Wildman–Crippen MR) is 98.5 cm³/mol. The van der Waals surface area contributed by atoms with Gasteiger partial charge in [0.05, 0.1) is 0 Å². The first-order valence-electron chi connectivity index (χ1n) is 7.95. The number of hydrogen-bond acceptors (Lipinski definition) is 5. The van der Waals surface area contributed by atoms with E-state index in [1.54, 1.807) is 0 Å². The number of carbonyl (C=O) groups excluding carboxylic acids is 1. The number of aliphatic carboxylic acids is 2. The zero-order chi connectivity index (χ0) is 18.3. The largest absolute Gasteiger partial charge is 0.480 e. The average molecular weight is 376 g/mol. The van der Waals surface area contributed by atoms with E-state index in [0.29, 0.717) is 12.2 Å². The number of amides is 1. The topological polar surface area (TPSA) is 166 Å². The van der Waals surface area contributed by atoms with E-state index in [1.165, 1.54) is 17.8 Å². The molecule has 0 radical (unpaired) electrons. The van der Waals surface area contributed by atoms with Crippen LogP contribution in [0.25, 0.3) is 0 Å². The first kappa shape index (κ1) is 23.4. The molecule has 0 aromatic rings. The Morgan fingerprint density at radius 2 is 1.92 bits per heavy atom. The highest BCUT2D eigenvalue weighted by Gasteiger charge is 2.50. The Balaban J connectivity index is 0.00000576. The van der Waals surface area contributed by atoms with E-state index in [1.807, 2.05) is 13.8 Å². The summed E-state index contributed by atoms with van der Waals surface area (Å²) in [5.41, 5.74) is 5.28. The van der Waals surface area contributed by atoms with Crippen molar-refractivity contribution in [3.8, 4) is 0 Å². The highest BCUT2D eigenvalue weighted by Crippen LogP contribution is 2.51. The molecule has 0 heterocycles. The highest BCUT2D eigenvalue weighted by molar-refractivity contribution is 7.99. The van der Waals surface area contributed by atoms with Gasteiger partial charge in [0.15, 0.2) is 0 Å². The van der Waals surface area contributed by atoms with Gasteiger partial charge in [0.25, 0.3) is 0 Å². The van der Waals surface area contributed by atoms with Crippen molar-refractivity contribution in [3.05, 3.63) is 11.8 Å². The van der Waals surface area contributed by atoms with Gasteiger partial charge >= 0.3 is 11.9 Å². The summed E-state index contributed by atoms with van der Waals surface area (Å²) >= 11 is 1.46. The van der Waals surface area contributed by atoms with Gasteiger partial charge in [-0.25, -0.2) is 4.79 Å². The maximum Gasteiger partial charge on any atom is 0.352 e. The second-order valence-corrected chi connectivity index (χ2v) is 7.82. The van der Waals surface area contributed by atoms with Gasteiger partial charge in [0.1, 0.15) is 11.7 Å². The van der Waals surface area contributed by atoms with Crippen LogP contribution in [0.3, 0.4) is 0 Å². The Morgan fingerprint density at radius 3 is 2.40 bits per heavy atom. The van der Waals surface area contributed by atoms with Crippen LogP contribution in [-0.4, -0.2) is 45.6 Å². The van der Waals surface area contributed by atoms with Crippen LogP contribution in [-0.2, 0) is 14.4 Å². The lowest BCUT2D eigenvalue weighted by molar-refractivity contribution is -0.138. The third-order valence-electron chi connectivity index (χ3n) is 4.02. The summed E-state index contributed by atoms with van der Waals surface area (Å²) in [6.45, 7) is 3.96. The second kappa shape index (κ2) is 10.4. The van der Waals surface area contributed by atoms with Gasteiger partial charge in [0, 0.05) is 11.7 Å². The smallest absolute Gasteiger partial charge is 0.352 e. The Labute approximate surface area is 152 Å². The van der Waals surface area contributed by atoms with E-state index in [2.05, 4.69) is 5.32 Å². The molecule has 0 spiro atoms. The summed E-state index contributed by atoms with van der Waals surface area (Å²) in [5, 5.41) is 20.3. The average Bonchev–Trinajstić information content (AvgIpc) is 3.13. The molecule has 9 heteroatoms. The number of allylic oxidation sites excluding steroid dienone is 1. The number of nitrogens with one attached hydrogen (secondary N) is 1. The molecule has 0 aliphatic heterocycles. The number of rotatable bonds is 11. The number of carboxylic acids is 2. The van der Waals surface area contributed by atoms with Crippen LogP contribution in [0.5, 0.6) is 0 Å². The van der Waals surface area contributed by atoms with Gasteiger partial charge in [-0.15, -0.1) is 0 Å². The van der Waals surface area contributed by atoms with Crippen LogP contribution in [0.1, 0.15) is 39.5 Å². The third kappa shape index (κ3) is 8.37. The highest BCUT2D eigenvalue weighted by atomic mass is 32.2. The summed E-state index contributed by atoms with van der Waals surface area (Å²) < 4.78 is 0. The van der Waals surface area contributed by atoms with E-state index < -0.39 is 18.0 Å². The number of carbonyl (C=O) groups is 3. The van der Waals surface area contributed by atoms with Gasteiger partial charge in [0.2, 0.25) is 5.91 Å². The summed E-state index contributed by atoms with van der Waals surface area (Å²) in [5.74, 6) is -1.37. The minimum atomic E-state index is -1.14. The molecule has 8 nitrogen and oxygen atoms in total. The molecule has 0 unspecified atom stereocenters. The molecule has 2 atom stereocenters. The summed E-state index contributed by atoms with van der Waals surface area (Å²) in [6.07, 6.45) is 4.44. The van der Waals surface area contributed by atoms with E-state index >= 15 is 0 Å². The van der Waals surface area contributed by atoms with Crippen LogP contribution in [0.15, 0.2) is 11.8 Å². The molecule has 0 aromatic carbocycles. The Morgan fingerprint density at radius 1 is 1.32 bits per heavy atom. The zero-order valence-electron chi connectivity index (χ0n) is 15.1. The number of unbranched alkanes of at least 4 members (excludes halogenated alkanes) is 2. The maximum atomic E-state index is 12.0. The molecule has 1 aliphatic rings. The van der Waals surface area contributed by atoms with Crippen molar-refractivity contribution in [3.63, 3.8) is 0 Å². The third-order valence-corrected chi connectivity index (χ3v) is 5.20. The van der Waals surface area contributed by atoms with Gasteiger partial charge in [-0.2, -0.15) is 11.8 Å². The van der Waals surface area contributed by atoms with Crippen molar-refractivity contribution in [2.75, 3.05) is 11.5 Å². The van der Waals surface area contributed by atoms with E-state index in [4.69, 9.17) is 15.9 Å². The first-order chi connectivity index (χ1) is 11.1. The van der Waals surface area contributed by atoms with Gasteiger partial charge in [-0.3, -0.25) is 9.59 Å². The minimum Gasteiger partial charge on any atom is -0.480 e. The predicted octanol–water partition coefficient (Wildman–Crippen LogP) is 1.81. The number of thioether (sulfide) groups is 1. The lowest BCUT2D eigenvalue weighted by atomic mass is 10.1. The summed E-state index contributed by atoms with van der Waals surface area (Å²) in [7, 11) is 0. The molecule has 0 saturated heterocycles. The van der Waals surface area contributed by atoms with Crippen molar-refractivity contribution < 1.29 is 24.6 Å².